The first-order chi connectivity index (χ1) is 8.67. The van der Waals surface area contributed by atoms with Crippen LogP contribution in [0.2, 0.25) is 0 Å². The third-order valence-corrected chi connectivity index (χ3v) is 3.35. The largest absolute Gasteiger partial charge is 0.298 e. The van der Waals surface area contributed by atoms with Crippen molar-refractivity contribution in [1.29, 1.82) is 5.26 Å². The van der Waals surface area contributed by atoms with Crippen LogP contribution < -0.4 is 0 Å². The second-order valence-electron chi connectivity index (χ2n) is 3.51. The van der Waals surface area contributed by atoms with Crippen LogP contribution >= 0.6 is 22.6 Å². The highest BCUT2D eigenvalue weighted by atomic mass is 127. The molecule has 88 valence electrons. The Labute approximate surface area is 116 Å². The molecule has 0 fully saturated rings. The molecule has 0 atom stereocenters. The van der Waals surface area contributed by atoms with Gasteiger partial charge < -0.3 is 0 Å². The lowest BCUT2D eigenvalue weighted by molar-refractivity contribution is 0.112. The maximum absolute atomic E-state index is 13.4. The van der Waals surface area contributed by atoms with Gasteiger partial charge in [0.2, 0.25) is 0 Å². The Morgan fingerprint density at radius 2 is 2.17 bits per heavy atom. The first kappa shape index (κ1) is 12.6. The van der Waals surface area contributed by atoms with Crippen LogP contribution in [0, 0.1) is 20.7 Å². The number of benzene rings is 1. The molecule has 0 aliphatic rings. The van der Waals surface area contributed by atoms with E-state index in [9.17, 15) is 9.18 Å². The molecule has 5 heteroatoms. The van der Waals surface area contributed by atoms with Gasteiger partial charge in [0, 0.05) is 15.3 Å². The zero-order chi connectivity index (χ0) is 13.1. The number of nitriles is 1. The molecule has 0 spiro atoms. The van der Waals surface area contributed by atoms with E-state index in [1.807, 2.05) is 28.7 Å². The fourth-order valence-corrected chi connectivity index (χ4v) is 2.20. The molecular weight excluding hydrogens is 346 g/mol. The minimum Gasteiger partial charge on any atom is -0.298 e. The SMILES string of the molecule is N#Cc1ccc(-c2cncc(F)c2C=O)cc1I. The van der Waals surface area contributed by atoms with Gasteiger partial charge in [-0.25, -0.2) is 4.39 Å². The molecule has 0 unspecified atom stereocenters. The van der Waals surface area contributed by atoms with Gasteiger partial charge in [-0.05, 0) is 40.3 Å². The molecular formula is C13H6FIN2O. The number of hydrogen-bond acceptors (Lipinski definition) is 3. The van der Waals surface area contributed by atoms with Crippen LogP contribution in [-0.4, -0.2) is 11.3 Å². The van der Waals surface area contributed by atoms with Gasteiger partial charge in [0.25, 0.3) is 0 Å². The van der Waals surface area contributed by atoms with E-state index < -0.39 is 5.82 Å². The molecule has 1 aromatic heterocycles. The van der Waals surface area contributed by atoms with Gasteiger partial charge in [0.05, 0.1) is 17.3 Å². The smallest absolute Gasteiger partial charge is 0.153 e. The molecule has 2 aromatic rings. The van der Waals surface area contributed by atoms with Crippen LogP contribution in [-0.2, 0) is 0 Å². The zero-order valence-electron chi connectivity index (χ0n) is 9.02. The summed E-state index contributed by atoms with van der Waals surface area (Å²) < 4.78 is 14.2. The molecule has 0 bridgehead atoms. The normalized spacial score (nSPS) is 9.83. The van der Waals surface area contributed by atoms with Crippen molar-refractivity contribution in [2.24, 2.45) is 0 Å². The highest BCUT2D eigenvalue weighted by molar-refractivity contribution is 14.1. The number of carbonyl (C=O) groups is 1. The molecule has 18 heavy (non-hydrogen) atoms. The monoisotopic (exact) mass is 352 g/mol. The second kappa shape index (κ2) is 5.23. The number of rotatable bonds is 2. The minimum absolute atomic E-state index is 0.0227. The topological polar surface area (TPSA) is 53.8 Å². The van der Waals surface area contributed by atoms with E-state index in [2.05, 4.69) is 4.98 Å². The summed E-state index contributed by atoms with van der Waals surface area (Å²) in [4.78, 5) is 14.6. The third-order valence-electron chi connectivity index (χ3n) is 2.46. The Morgan fingerprint density at radius 1 is 1.39 bits per heavy atom. The summed E-state index contributed by atoms with van der Waals surface area (Å²) >= 11 is 2.02. The van der Waals surface area contributed by atoms with E-state index in [0.717, 1.165) is 9.77 Å². The number of pyridine rings is 1. The molecule has 1 aromatic carbocycles. The van der Waals surface area contributed by atoms with Gasteiger partial charge in [-0.15, -0.1) is 0 Å². The van der Waals surface area contributed by atoms with E-state index in [-0.39, 0.29) is 5.56 Å². The number of nitrogens with zero attached hydrogens (tertiary/aromatic N) is 2. The van der Waals surface area contributed by atoms with E-state index in [0.29, 0.717) is 23.0 Å². The summed E-state index contributed by atoms with van der Waals surface area (Å²) in [5.41, 5.74) is 1.60. The first-order valence-electron chi connectivity index (χ1n) is 4.96. The highest BCUT2D eigenvalue weighted by Crippen LogP contribution is 2.26. The van der Waals surface area contributed by atoms with Crippen LogP contribution in [0.3, 0.4) is 0 Å². The number of halogens is 2. The molecule has 2 rings (SSSR count). The summed E-state index contributed by atoms with van der Waals surface area (Å²) in [6.07, 6.45) is 2.91. The zero-order valence-corrected chi connectivity index (χ0v) is 11.2. The number of hydrogen-bond donors (Lipinski definition) is 0. The van der Waals surface area contributed by atoms with Crippen molar-refractivity contribution in [3.63, 3.8) is 0 Å². The van der Waals surface area contributed by atoms with Gasteiger partial charge in [-0.3, -0.25) is 9.78 Å². The second-order valence-corrected chi connectivity index (χ2v) is 4.67. The Morgan fingerprint density at radius 3 is 2.78 bits per heavy atom. The third kappa shape index (κ3) is 2.24. The van der Waals surface area contributed by atoms with Crippen molar-refractivity contribution in [2.75, 3.05) is 0 Å². The van der Waals surface area contributed by atoms with Crippen LogP contribution in [0.15, 0.2) is 30.6 Å². The minimum atomic E-state index is -0.651. The first-order valence-corrected chi connectivity index (χ1v) is 6.04. The molecule has 3 nitrogen and oxygen atoms in total. The van der Waals surface area contributed by atoms with Crippen LogP contribution in [0.25, 0.3) is 11.1 Å². The molecule has 0 saturated carbocycles. The summed E-state index contributed by atoms with van der Waals surface area (Å²) in [6, 6.07) is 7.08. The molecule has 0 saturated heterocycles. The average Bonchev–Trinajstić information content (AvgIpc) is 2.38. The summed E-state index contributed by atoms with van der Waals surface area (Å²) in [7, 11) is 0. The fraction of sp³-hybridized carbons (Fsp3) is 0. The van der Waals surface area contributed by atoms with Gasteiger partial charge in [-0.2, -0.15) is 5.26 Å². The fourth-order valence-electron chi connectivity index (χ4n) is 1.57. The average molecular weight is 352 g/mol. The predicted molar refractivity (Wildman–Crippen MR) is 72.5 cm³/mol. The Balaban J connectivity index is 2.63. The van der Waals surface area contributed by atoms with Gasteiger partial charge >= 0.3 is 0 Å². The van der Waals surface area contributed by atoms with E-state index >= 15 is 0 Å². The molecule has 1 heterocycles. The van der Waals surface area contributed by atoms with Crippen molar-refractivity contribution in [3.05, 3.63) is 51.1 Å². The summed E-state index contributed by atoms with van der Waals surface area (Å²) in [5.74, 6) is -0.651. The number of aldehydes is 1. The van der Waals surface area contributed by atoms with Crippen molar-refractivity contribution >= 4 is 28.9 Å². The molecule has 0 N–H and O–H groups in total. The Bertz CT molecular complexity index is 665. The lowest BCUT2D eigenvalue weighted by atomic mass is 10.0. The van der Waals surface area contributed by atoms with E-state index in [1.165, 1.54) is 6.20 Å². The van der Waals surface area contributed by atoms with Gasteiger partial charge in [0.15, 0.2) is 12.1 Å². The van der Waals surface area contributed by atoms with Crippen molar-refractivity contribution < 1.29 is 9.18 Å². The van der Waals surface area contributed by atoms with Gasteiger partial charge in [0.1, 0.15) is 6.07 Å². The predicted octanol–water partition coefficient (Wildman–Crippen LogP) is 3.18. The highest BCUT2D eigenvalue weighted by Gasteiger charge is 2.11. The van der Waals surface area contributed by atoms with Crippen LogP contribution in [0.1, 0.15) is 15.9 Å². The van der Waals surface area contributed by atoms with Crippen molar-refractivity contribution in [2.45, 2.75) is 0 Å². The number of carbonyl (C=O) groups excluding carboxylic acids is 1. The molecule has 0 amide bonds. The Kier molecular flexibility index (Phi) is 3.67. The van der Waals surface area contributed by atoms with Crippen LogP contribution in [0.5, 0.6) is 0 Å². The molecule has 0 aliphatic heterocycles. The summed E-state index contributed by atoms with van der Waals surface area (Å²) in [6.45, 7) is 0. The van der Waals surface area contributed by atoms with E-state index in [1.54, 1.807) is 18.2 Å². The maximum atomic E-state index is 13.4. The molecule has 0 radical (unpaired) electrons. The van der Waals surface area contributed by atoms with Gasteiger partial charge in [-0.1, -0.05) is 6.07 Å². The quantitative estimate of drug-likeness (QED) is 0.616. The van der Waals surface area contributed by atoms with Crippen molar-refractivity contribution in [1.82, 2.24) is 4.98 Å². The standard InChI is InChI=1S/C13H6FIN2O/c14-12-6-17-5-10(11(12)7-18)8-1-2-9(4-16)13(15)3-8/h1-3,5-7H. The lowest BCUT2D eigenvalue weighted by Gasteiger charge is -2.06. The lowest BCUT2D eigenvalue weighted by Crippen LogP contribution is -1.95. The summed E-state index contributed by atoms with van der Waals surface area (Å²) in [5, 5.41) is 8.84. The molecule has 0 aliphatic carbocycles. The number of aromatic nitrogens is 1. The van der Waals surface area contributed by atoms with Crippen LogP contribution in [0.4, 0.5) is 4.39 Å². The Hall–Kier alpha value is -1.81. The van der Waals surface area contributed by atoms with E-state index in [4.69, 9.17) is 5.26 Å². The maximum Gasteiger partial charge on any atom is 0.153 e. The van der Waals surface area contributed by atoms with Crippen molar-refractivity contribution in [3.8, 4) is 17.2 Å².